The number of aliphatic carboxylic acids is 1. The van der Waals surface area contributed by atoms with E-state index in [1.807, 2.05) is 0 Å². The lowest BCUT2D eigenvalue weighted by Gasteiger charge is -2.00. The number of hydrogen-bond donors (Lipinski definition) is 1. The molecule has 0 radical (unpaired) electrons. The van der Waals surface area contributed by atoms with Gasteiger partial charge in [-0.25, -0.2) is 0 Å². The summed E-state index contributed by atoms with van der Waals surface area (Å²) in [5, 5.41) is 8.12. The van der Waals surface area contributed by atoms with Gasteiger partial charge in [0.15, 0.2) is 0 Å². The molecule has 60 valence electrons. The molecular formula is C4H7O4S2-. The first-order chi connectivity index (χ1) is 4.63. The smallest absolute Gasteiger partial charge is 0.303 e. The van der Waals surface area contributed by atoms with Gasteiger partial charge in [-0.2, -0.15) is 0 Å². The summed E-state index contributed by atoms with van der Waals surface area (Å²) in [7, 11) is -1.38. The fourth-order valence-electron chi connectivity index (χ4n) is 0.350. The van der Waals surface area contributed by atoms with E-state index in [1.54, 1.807) is 0 Å². The monoisotopic (exact) mass is 183 g/mol. The normalized spacial score (nSPS) is 12.9. The fraction of sp³-hybridized carbons (Fsp3) is 0.750. The molecule has 0 aromatic rings. The quantitative estimate of drug-likeness (QED) is 0.378. The average molecular weight is 183 g/mol. The van der Waals surface area contributed by atoms with Gasteiger partial charge in [0, 0.05) is 22.3 Å². The van der Waals surface area contributed by atoms with Crippen molar-refractivity contribution in [2.45, 2.75) is 12.8 Å². The van der Waals surface area contributed by atoms with Crippen molar-refractivity contribution >= 4 is 26.9 Å². The molecule has 0 bridgehead atoms. The van der Waals surface area contributed by atoms with Crippen molar-refractivity contribution < 1.29 is 18.7 Å². The molecular weight excluding hydrogens is 176 g/mol. The summed E-state index contributed by atoms with van der Waals surface area (Å²) in [6, 6.07) is 0. The lowest BCUT2D eigenvalue weighted by atomic mass is 10.3. The highest BCUT2D eigenvalue weighted by Crippen LogP contribution is 2.06. The third-order valence-electron chi connectivity index (χ3n) is 0.715. The Bertz CT molecular complexity index is 119. The molecule has 10 heavy (non-hydrogen) atoms. The van der Waals surface area contributed by atoms with Crippen LogP contribution >= 0.6 is 10.8 Å². The number of carboxylic acid groups (broad SMARTS) is 1. The largest absolute Gasteiger partial charge is 0.764 e. The third-order valence-corrected chi connectivity index (χ3v) is 2.44. The lowest BCUT2D eigenvalue weighted by molar-refractivity contribution is -0.137. The molecule has 1 unspecified atom stereocenters. The second-order valence-electron chi connectivity index (χ2n) is 1.52. The van der Waals surface area contributed by atoms with Crippen LogP contribution in [0.15, 0.2) is 0 Å². The molecule has 0 spiro atoms. The molecule has 0 aromatic carbocycles. The van der Waals surface area contributed by atoms with Crippen molar-refractivity contribution in [2.24, 2.45) is 0 Å². The SMILES string of the molecule is O=C(O)CCCSS(=O)[O-]. The highest BCUT2D eigenvalue weighted by atomic mass is 33.1. The molecule has 0 aliphatic rings. The molecule has 0 amide bonds. The predicted octanol–water partition coefficient (Wildman–Crippen LogP) is 0.379. The molecule has 0 aliphatic carbocycles. The highest BCUT2D eigenvalue weighted by molar-refractivity contribution is 8.67. The second kappa shape index (κ2) is 5.70. The number of carbonyl (C=O) groups is 1. The van der Waals surface area contributed by atoms with E-state index in [9.17, 15) is 13.6 Å². The van der Waals surface area contributed by atoms with Crippen LogP contribution in [0.1, 0.15) is 12.8 Å². The lowest BCUT2D eigenvalue weighted by Crippen LogP contribution is -1.95. The van der Waals surface area contributed by atoms with Gasteiger partial charge in [-0.05, 0) is 6.42 Å². The summed E-state index contributed by atoms with van der Waals surface area (Å²) in [6.45, 7) is 0. The van der Waals surface area contributed by atoms with E-state index >= 15 is 0 Å². The van der Waals surface area contributed by atoms with Crippen molar-refractivity contribution in [3.8, 4) is 0 Å². The summed E-state index contributed by atoms with van der Waals surface area (Å²) in [5.41, 5.74) is 0. The van der Waals surface area contributed by atoms with E-state index in [4.69, 9.17) is 5.11 Å². The topological polar surface area (TPSA) is 77.4 Å². The molecule has 1 atom stereocenters. The molecule has 6 heteroatoms. The van der Waals surface area contributed by atoms with Gasteiger partial charge >= 0.3 is 5.97 Å². The van der Waals surface area contributed by atoms with E-state index in [1.165, 1.54) is 0 Å². The van der Waals surface area contributed by atoms with Gasteiger partial charge in [0.1, 0.15) is 0 Å². The Morgan fingerprint density at radius 1 is 1.70 bits per heavy atom. The Balaban J connectivity index is 3.06. The Morgan fingerprint density at radius 3 is 2.70 bits per heavy atom. The van der Waals surface area contributed by atoms with E-state index in [0.717, 1.165) is 10.8 Å². The summed E-state index contributed by atoms with van der Waals surface area (Å²) in [6.07, 6.45) is 0.429. The van der Waals surface area contributed by atoms with E-state index in [-0.39, 0.29) is 6.42 Å². The summed E-state index contributed by atoms with van der Waals surface area (Å²) >= 11 is 0. The van der Waals surface area contributed by atoms with E-state index in [0.29, 0.717) is 12.2 Å². The van der Waals surface area contributed by atoms with Gasteiger partial charge in [0.2, 0.25) is 0 Å². The van der Waals surface area contributed by atoms with Crippen LogP contribution in [-0.2, 0) is 14.9 Å². The molecule has 0 saturated carbocycles. The molecule has 4 nitrogen and oxygen atoms in total. The maximum absolute atomic E-state index is 9.88. The van der Waals surface area contributed by atoms with Crippen LogP contribution in [-0.4, -0.2) is 25.6 Å². The Hall–Kier alpha value is -0.0700. The minimum absolute atomic E-state index is 0.0319. The van der Waals surface area contributed by atoms with Crippen LogP contribution in [0.5, 0.6) is 0 Å². The molecule has 1 N–H and O–H groups in total. The first-order valence-electron chi connectivity index (χ1n) is 2.57. The third kappa shape index (κ3) is 7.93. The Labute approximate surface area is 64.7 Å². The summed E-state index contributed by atoms with van der Waals surface area (Å²) in [5.74, 6) is -0.542. The molecule has 0 rings (SSSR count). The molecule has 0 saturated heterocycles. The van der Waals surface area contributed by atoms with Crippen molar-refractivity contribution in [3.63, 3.8) is 0 Å². The van der Waals surface area contributed by atoms with Crippen LogP contribution < -0.4 is 0 Å². The van der Waals surface area contributed by atoms with E-state index < -0.39 is 16.1 Å². The number of rotatable bonds is 5. The van der Waals surface area contributed by atoms with Gasteiger partial charge in [-0.15, -0.1) is 0 Å². The molecule has 0 aliphatic heterocycles. The van der Waals surface area contributed by atoms with Crippen LogP contribution in [0.2, 0.25) is 0 Å². The minimum atomic E-state index is -2.11. The standard InChI is InChI=1S/C4H8O4S2/c5-4(6)2-1-3-9-10(7)8/h1-3H2,(H,5,6)(H,7,8)/p-1. The highest BCUT2D eigenvalue weighted by Gasteiger charge is 1.95. The zero-order chi connectivity index (χ0) is 7.98. The van der Waals surface area contributed by atoms with E-state index in [2.05, 4.69) is 0 Å². The average Bonchev–Trinajstić information content (AvgIpc) is 1.79. The minimum Gasteiger partial charge on any atom is -0.764 e. The zero-order valence-corrected chi connectivity index (χ0v) is 6.74. The van der Waals surface area contributed by atoms with Crippen molar-refractivity contribution in [2.75, 3.05) is 5.75 Å². The first kappa shape index (κ1) is 9.93. The fourth-order valence-corrected chi connectivity index (χ4v) is 1.51. The van der Waals surface area contributed by atoms with Crippen molar-refractivity contribution in [1.82, 2.24) is 0 Å². The van der Waals surface area contributed by atoms with Gasteiger partial charge in [-0.1, -0.05) is 10.8 Å². The van der Waals surface area contributed by atoms with Crippen LogP contribution in [0.3, 0.4) is 0 Å². The zero-order valence-electron chi connectivity index (χ0n) is 5.11. The van der Waals surface area contributed by atoms with Crippen LogP contribution in [0.4, 0.5) is 0 Å². The maximum atomic E-state index is 9.88. The summed E-state index contributed by atoms with van der Waals surface area (Å²) < 4.78 is 19.7. The molecule has 0 fully saturated rings. The van der Waals surface area contributed by atoms with Gasteiger partial charge in [-0.3, -0.25) is 9.00 Å². The first-order valence-corrected chi connectivity index (χ1v) is 5.15. The predicted molar refractivity (Wildman–Crippen MR) is 38.2 cm³/mol. The van der Waals surface area contributed by atoms with Crippen molar-refractivity contribution in [1.29, 1.82) is 0 Å². The van der Waals surface area contributed by atoms with Crippen LogP contribution in [0.25, 0.3) is 0 Å². The number of carboxylic acids is 1. The maximum Gasteiger partial charge on any atom is 0.303 e. The van der Waals surface area contributed by atoms with Gasteiger partial charge < -0.3 is 9.66 Å². The van der Waals surface area contributed by atoms with Gasteiger partial charge in [0.25, 0.3) is 0 Å². The Morgan fingerprint density at radius 2 is 2.30 bits per heavy atom. The van der Waals surface area contributed by atoms with Crippen LogP contribution in [0, 0.1) is 0 Å². The second-order valence-corrected chi connectivity index (χ2v) is 4.10. The summed E-state index contributed by atoms with van der Waals surface area (Å²) in [4.78, 5) is 9.88. The molecule has 0 heterocycles. The van der Waals surface area contributed by atoms with Crippen molar-refractivity contribution in [3.05, 3.63) is 0 Å². The Kier molecular flexibility index (Phi) is 5.66. The molecule has 0 aromatic heterocycles. The number of hydrogen-bond acceptors (Lipinski definition) is 4. The van der Waals surface area contributed by atoms with Gasteiger partial charge in [0.05, 0.1) is 0 Å².